The van der Waals surface area contributed by atoms with Gasteiger partial charge in [-0.1, -0.05) is 6.04 Å². The van der Waals surface area contributed by atoms with Crippen LogP contribution in [0.4, 0.5) is 21.1 Å². The number of rotatable bonds is 4. The van der Waals surface area contributed by atoms with E-state index in [-0.39, 0.29) is 6.04 Å². The molecule has 11 heavy (non-hydrogen) atoms. The normalized spacial score (nSPS) is 14.7. The molecular weight excluding hydrogens is 199 g/mol. The number of alkyl halides is 2. The average molecular weight is 208 g/mol. The predicted molar refractivity (Wildman–Crippen MR) is 37.9 cm³/mol. The third-order valence-corrected chi connectivity index (χ3v) is 4.29. The van der Waals surface area contributed by atoms with Crippen molar-refractivity contribution in [2.24, 2.45) is 0 Å². The summed E-state index contributed by atoms with van der Waals surface area (Å²) < 4.78 is 58.7. The van der Waals surface area contributed by atoms with Crippen molar-refractivity contribution in [3.05, 3.63) is 0 Å². The highest BCUT2D eigenvalue weighted by molar-refractivity contribution is 6.60. The van der Waals surface area contributed by atoms with Gasteiger partial charge in [0.25, 0.3) is 0 Å². The lowest BCUT2D eigenvalue weighted by Gasteiger charge is -2.08. The molecule has 0 fully saturated rings. The minimum atomic E-state index is -5.56. The Balaban J connectivity index is 3.44. The molecule has 0 N–H and O–H groups in total. The fraction of sp³-hybridized carbons (Fsp3) is 1.00. The van der Waals surface area contributed by atoms with Gasteiger partial charge in [0.05, 0.1) is 0 Å². The third kappa shape index (κ3) is 10.1. The second-order valence-electron chi connectivity index (χ2n) is 2.54. The van der Waals surface area contributed by atoms with Gasteiger partial charge in [-0.3, -0.25) is 0 Å². The Morgan fingerprint density at radius 1 is 1.27 bits per heavy atom. The van der Waals surface area contributed by atoms with Crippen LogP contribution in [0.15, 0.2) is 0 Å². The molecule has 0 aromatic rings. The highest BCUT2D eigenvalue weighted by atomic mass is 28.5. The van der Waals surface area contributed by atoms with E-state index in [2.05, 4.69) is 0 Å². The average Bonchev–Trinajstić information content (AvgIpc) is 1.55. The molecule has 0 unspecified atom stereocenters. The van der Waals surface area contributed by atoms with E-state index in [0.29, 0.717) is 6.92 Å². The van der Waals surface area contributed by atoms with Crippen molar-refractivity contribution < 1.29 is 21.1 Å². The van der Waals surface area contributed by atoms with Crippen LogP contribution in [0.25, 0.3) is 0 Å². The Morgan fingerprint density at radius 3 is 2.00 bits per heavy atom. The largest absolute Gasteiger partial charge is 0.615 e. The van der Waals surface area contributed by atoms with E-state index in [0.717, 1.165) is 0 Å². The number of hydrogen-bond donors (Lipinski definition) is 0. The lowest BCUT2D eigenvalue weighted by molar-refractivity contribution is 0.113. The molecule has 0 nitrogen and oxygen atoms in total. The van der Waals surface area contributed by atoms with Crippen molar-refractivity contribution in [1.29, 1.82) is 0 Å². The van der Waals surface area contributed by atoms with Crippen molar-refractivity contribution in [3.63, 3.8) is 0 Å². The van der Waals surface area contributed by atoms with Gasteiger partial charge in [0.1, 0.15) is 9.52 Å². The maximum atomic E-state index is 12.0. The molecule has 0 aliphatic heterocycles. The van der Waals surface area contributed by atoms with Crippen LogP contribution in [0.2, 0.25) is 12.1 Å². The van der Waals surface area contributed by atoms with Gasteiger partial charge in [-0.05, 0) is 6.92 Å². The molecule has 0 radical (unpaired) electrons. The highest BCUT2D eigenvalue weighted by Crippen LogP contribution is 2.20. The second kappa shape index (κ2) is 3.66. The van der Waals surface area contributed by atoms with E-state index in [1.807, 2.05) is 0 Å². The summed E-state index contributed by atoms with van der Waals surface area (Å²) in [4.78, 5) is 0. The summed E-state index contributed by atoms with van der Waals surface area (Å²) in [5, 5.41) is 0. The van der Waals surface area contributed by atoms with E-state index in [1.165, 1.54) is 0 Å². The molecule has 0 aromatic heterocycles. The van der Waals surface area contributed by atoms with Gasteiger partial charge in [0.2, 0.25) is 5.55 Å². The fourth-order valence-electron chi connectivity index (χ4n) is 0.599. The second-order valence-corrected chi connectivity index (χ2v) is 6.72. The maximum absolute atomic E-state index is 12.0. The molecule has 7 heteroatoms. The van der Waals surface area contributed by atoms with E-state index in [1.54, 1.807) is 0 Å². The molecule has 0 saturated carbocycles. The van der Waals surface area contributed by atoms with Crippen LogP contribution in [-0.2, 0) is 0 Å². The van der Waals surface area contributed by atoms with Crippen LogP contribution in [0.3, 0.4) is 0 Å². The standard InChI is InChI=1S/C4H9F5Si2/c1-4(5,6)10-2-3-11(7,8)9/h2-3,10H2,1H3. The Bertz CT molecular complexity index is 101. The zero-order chi connectivity index (χ0) is 9.12. The number of halogens is 5. The minimum absolute atomic E-state index is 0.306. The molecule has 0 aromatic carbocycles. The van der Waals surface area contributed by atoms with Crippen LogP contribution in [0, 0.1) is 0 Å². The number of hydrogen-bond acceptors (Lipinski definition) is 0. The topological polar surface area (TPSA) is 0 Å². The summed E-state index contributed by atoms with van der Waals surface area (Å²) in [6.07, 6.45) is 0. The minimum Gasteiger partial charge on any atom is -0.238 e. The third-order valence-electron chi connectivity index (χ3n) is 1.08. The van der Waals surface area contributed by atoms with E-state index < -0.39 is 30.2 Å². The molecule has 0 aliphatic rings. The Hall–Kier alpha value is 0.0838. The molecule has 0 heterocycles. The molecule has 0 rings (SSSR count). The van der Waals surface area contributed by atoms with E-state index in [9.17, 15) is 21.1 Å². The van der Waals surface area contributed by atoms with Gasteiger partial charge < -0.3 is 0 Å². The Morgan fingerprint density at radius 2 is 1.73 bits per heavy atom. The molecule has 0 bridgehead atoms. The zero-order valence-electron chi connectivity index (χ0n) is 6.01. The lowest BCUT2D eigenvalue weighted by atomic mass is 10.8. The molecular formula is C4H9F5Si2. The first kappa shape index (κ1) is 11.1. The highest BCUT2D eigenvalue weighted by Gasteiger charge is 2.36. The lowest BCUT2D eigenvalue weighted by Crippen LogP contribution is -2.23. The van der Waals surface area contributed by atoms with Crippen LogP contribution < -0.4 is 0 Å². The van der Waals surface area contributed by atoms with Gasteiger partial charge in [-0.25, -0.2) is 21.1 Å². The summed E-state index contributed by atoms with van der Waals surface area (Å²) >= 11 is 0. The van der Waals surface area contributed by atoms with Gasteiger partial charge in [-0.15, -0.1) is 0 Å². The van der Waals surface area contributed by atoms with E-state index >= 15 is 0 Å². The van der Waals surface area contributed by atoms with Crippen molar-refractivity contribution in [1.82, 2.24) is 0 Å². The van der Waals surface area contributed by atoms with E-state index in [4.69, 9.17) is 0 Å². The summed E-state index contributed by atoms with van der Waals surface area (Å²) in [5.41, 5.74) is -2.82. The molecule has 0 saturated heterocycles. The van der Waals surface area contributed by atoms with Crippen molar-refractivity contribution in [3.8, 4) is 0 Å². The van der Waals surface area contributed by atoms with Crippen LogP contribution in [-0.4, -0.2) is 24.1 Å². The first-order valence-corrected chi connectivity index (χ1v) is 6.70. The van der Waals surface area contributed by atoms with Crippen LogP contribution in [0.5, 0.6) is 0 Å². The van der Waals surface area contributed by atoms with Gasteiger partial charge in [0, 0.05) is 6.04 Å². The van der Waals surface area contributed by atoms with Crippen molar-refractivity contribution in [2.45, 2.75) is 24.6 Å². The summed E-state index contributed by atoms with van der Waals surface area (Å²) in [7, 11) is -7.40. The van der Waals surface area contributed by atoms with Gasteiger partial charge >= 0.3 is 9.08 Å². The summed E-state index contributed by atoms with van der Waals surface area (Å²) in [6.45, 7) is 0.692. The van der Waals surface area contributed by atoms with Crippen molar-refractivity contribution in [2.75, 3.05) is 0 Å². The molecule has 0 aliphatic carbocycles. The monoisotopic (exact) mass is 208 g/mol. The van der Waals surface area contributed by atoms with Crippen molar-refractivity contribution >= 4 is 18.6 Å². The first-order valence-electron chi connectivity index (χ1n) is 3.15. The fourth-order valence-corrected chi connectivity index (χ4v) is 3.53. The molecule has 0 atom stereocenters. The van der Waals surface area contributed by atoms with Gasteiger partial charge in [0.15, 0.2) is 0 Å². The zero-order valence-corrected chi connectivity index (χ0v) is 8.43. The molecule has 68 valence electrons. The van der Waals surface area contributed by atoms with Gasteiger partial charge in [-0.2, -0.15) is 0 Å². The Labute approximate surface area is 65.1 Å². The Kier molecular flexibility index (Phi) is 3.68. The quantitative estimate of drug-likeness (QED) is 0.377. The predicted octanol–water partition coefficient (Wildman–Crippen LogP) is 2.03. The first-order chi connectivity index (χ1) is 4.71. The van der Waals surface area contributed by atoms with Crippen LogP contribution >= 0.6 is 0 Å². The SMILES string of the molecule is CC(F)(F)[SiH2]CC[Si](F)(F)F. The molecule has 0 spiro atoms. The summed E-state index contributed by atoms with van der Waals surface area (Å²) in [6, 6.07) is -1.23. The van der Waals surface area contributed by atoms with Crippen LogP contribution in [0.1, 0.15) is 6.92 Å². The summed E-state index contributed by atoms with van der Waals surface area (Å²) in [5.74, 6) is 0. The molecule has 0 amide bonds. The maximum Gasteiger partial charge on any atom is 0.615 e. The smallest absolute Gasteiger partial charge is 0.238 e.